The van der Waals surface area contributed by atoms with Gasteiger partial charge in [-0.25, -0.2) is 0 Å². The standard InChI is InChI=1S/C22H23N3O4S/c1-24-12-17(26)23-19-18(20(24)27)15-7-10-25(11-16(15)30-19)21(28)22(8-9-22)13-3-5-14(29-2)6-4-13/h3-6H,7-12H2,1-2H3,(H,23,26). The van der Waals surface area contributed by atoms with Crippen LogP contribution in [0.3, 0.4) is 0 Å². The maximum absolute atomic E-state index is 13.5. The summed E-state index contributed by atoms with van der Waals surface area (Å²) in [5.41, 5.74) is 2.17. The molecule has 0 saturated heterocycles. The number of hydrogen-bond donors (Lipinski definition) is 1. The van der Waals surface area contributed by atoms with Crippen molar-refractivity contribution in [2.45, 2.75) is 31.2 Å². The van der Waals surface area contributed by atoms with Crippen molar-refractivity contribution in [3.05, 3.63) is 45.8 Å². The second-order valence-electron chi connectivity index (χ2n) is 8.20. The predicted octanol–water partition coefficient (Wildman–Crippen LogP) is 2.40. The summed E-state index contributed by atoms with van der Waals surface area (Å²) >= 11 is 1.42. The lowest BCUT2D eigenvalue weighted by atomic mass is 9.92. The van der Waals surface area contributed by atoms with Crippen LogP contribution in [-0.4, -0.2) is 54.8 Å². The monoisotopic (exact) mass is 425 g/mol. The molecular weight excluding hydrogens is 402 g/mol. The number of likely N-dealkylation sites (N-methyl/N-ethyl adjacent to an activating group) is 1. The molecule has 0 spiro atoms. The van der Waals surface area contributed by atoms with Gasteiger partial charge in [0.05, 0.1) is 31.2 Å². The number of carbonyl (C=O) groups is 3. The molecule has 30 heavy (non-hydrogen) atoms. The molecule has 156 valence electrons. The number of nitrogens with zero attached hydrogens (tertiary/aromatic N) is 2. The SMILES string of the molecule is COc1ccc(C2(C(=O)N3CCc4c(sc5c4C(=O)N(C)CC(=O)N5)C3)CC2)cc1. The summed E-state index contributed by atoms with van der Waals surface area (Å²) in [7, 11) is 3.28. The maximum Gasteiger partial charge on any atom is 0.257 e. The third-order valence-electron chi connectivity index (χ3n) is 6.34. The van der Waals surface area contributed by atoms with E-state index in [1.165, 1.54) is 16.2 Å². The van der Waals surface area contributed by atoms with Crippen molar-refractivity contribution >= 4 is 34.1 Å². The molecule has 5 rings (SSSR count). The summed E-state index contributed by atoms with van der Waals surface area (Å²) < 4.78 is 5.24. The lowest BCUT2D eigenvalue weighted by molar-refractivity contribution is -0.134. The molecule has 0 unspecified atom stereocenters. The molecule has 2 aromatic rings. The minimum atomic E-state index is -0.442. The van der Waals surface area contributed by atoms with Crippen LogP contribution in [0.5, 0.6) is 5.75 Å². The molecule has 1 aromatic heterocycles. The minimum Gasteiger partial charge on any atom is -0.497 e. The van der Waals surface area contributed by atoms with Crippen molar-refractivity contribution < 1.29 is 19.1 Å². The van der Waals surface area contributed by atoms with Crippen LogP contribution < -0.4 is 10.1 Å². The number of nitrogens with one attached hydrogen (secondary N) is 1. The van der Waals surface area contributed by atoms with E-state index in [1.807, 2.05) is 29.2 Å². The maximum atomic E-state index is 13.5. The molecule has 8 heteroatoms. The van der Waals surface area contributed by atoms with Crippen molar-refractivity contribution in [1.29, 1.82) is 0 Å². The summed E-state index contributed by atoms with van der Waals surface area (Å²) in [5.74, 6) is 0.612. The number of anilines is 1. The van der Waals surface area contributed by atoms with Crippen LogP contribution in [0.1, 0.15) is 39.2 Å². The van der Waals surface area contributed by atoms with E-state index in [0.29, 0.717) is 30.1 Å². The van der Waals surface area contributed by atoms with Crippen LogP contribution in [0.15, 0.2) is 24.3 Å². The van der Waals surface area contributed by atoms with Crippen LogP contribution in [-0.2, 0) is 28.0 Å². The highest BCUT2D eigenvalue weighted by Crippen LogP contribution is 2.51. The van der Waals surface area contributed by atoms with Gasteiger partial charge in [0, 0.05) is 18.5 Å². The highest BCUT2D eigenvalue weighted by Gasteiger charge is 2.53. The summed E-state index contributed by atoms with van der Waals surface area (Å²) in [4.78, 5) is 42.7. The Bertz CT molecular complexity index is 1060. The molecule has 1 saturated carbocycles. The summed E-state index contributed by atoms with van der Waals surface area (Å²) in [6.45, 7) is 1.12. The smallest absolute Gasteiger partial charge is 0.257 e. The minimum absolute atomic E-state index is 0.0595. The quantitative estimate of drug-likeness (QED) is 0.819. The Balaban J connectivity index is 1.41. The normalized spacial score (nSPS) is 19.5. The highest BCUT2D eigenvalue weighted by atomic mass is 32.1. The third kappa shape index (κ3) is 2.89. The number of methoxy groups -OCH3 is 1. The Kier molecular flexibility index (Phi) is 4.36. The van der Waals surface area contributed by atoms with Gasteiger partial charge in [0.2, 0.25) is 11.8 Å². The van der Waals surface area contributed by atoms with E-state index < -0.39 is 5.41 Å². The molecule has 0 bridgehead atoms. The summed E-state index contributed by atoms with van der Waals surface area (Å²) in [6.07, 6.45) is 2.32. The first-order chi connectivity index (χ1) is 14.4. The molecule has 0 radical (unpaired) electrons. The number of ether oxygens (including phenoxy) is 1. The fourth-order valence-electron chi connectivity index (χ4n) is 4.50. The first-order valence-corrected chi connectivity index (χ1v) is 10.9. The van der Waals surface area contributed by atoms with Gasteiger partial charge in [0.15, 0.2) is 0 Å². The van der Waals surface area contributed by atoms with Crippen LogP contribution in [0, 0.1) is 0 Å². The van der Waals surface area contributed by atoms with Crippen LogP contribution >= 0.6 is 11.3 Å². The highest BCUT2D eigenvalue weighted by molar-refractivity contribution is 7.17. The second kappa shape index (κ2) is 6.84. The Morgan fingerprint density at radius 1 is 1.17 bits per heavy atom. The predicted molar refractivity (Wildman–Crippen MR) is 113 cm³/mol. The van der Waals surface area contributed by atoms with E-state index in [-0.39, 0.29) is 24.3 Å². The molecule has 3 aliphatic rings. The summed E-state index contributed by atoms with van der Waals surface area (Å²) in [6, 6.07) is 7.77. The fraction of sp³-hybridized carbons (Fsp3) is 0.409. The number of fused-ring (bicyclic) bond motifs is 3. The Labute approximate surface area is 178 Å². The summed E-state index contributed by atoms with van der Waals surface area (Å²) in [5, 5.41) is 3.48. The number of hydrogen-bond acceptors (Lipinski definition) is 5. The average Bonchev–Trinajstić information content (AvgIpc) is 3.49. The van der Waals surface area contributed by atoms with Gasteiger partial charge in [-0.1, -0.05) is 12.1 Å². The van der Waals surface area contributed by atoms with Crippen LogP contribution in [0.25, 0.3) is 0 Å². The zero-order chi connectivity index (χ0) is 21.0. The number of benzene rings is 1. The largest absolute Gasteiger partial charge is 0.497 e. The van der Waals surface area contributed by atoms with Gasteiger partial charge in [-0.3, -0.25) is 14.4 Å². The van der Waals surface area contributed by atoms with Crippen LogP contribution in [0.2, 0.25) is 0 Å². The van der Waals surface area contributed by atoms with Gasteiger partial charge in [0.25, 0.3) is 5.91 Å². The molecule has 0 atom stereocenters. The fourth-order valence-corrected chi connectivity index (χ4v) is 5.77. The average molecular weight is 426 g/mol. The van der Waals surface area contributed by atoms with Gasteiger partial charge in [-0.2, -0.15) is 0 Å². The molecule has 3 amide bonds. The Hall–Kier alpha value is -2.87. The Morgan fingerprint density at radius 3 is 2.57 bits per heavy atom. The number of carbonyl (C=O) groups excluding carboxylic acids is 3. The van der Waals surface area contributed by atoms with Crippen molar-refractivity contribution in [3.63, 3.8) is 0 Å². The second-order valence-corrected chi connectivity index (χ2v) is 9.31. The molecule has 1 fully saturated rings. The number of thiophene rings is 1. The van der Waals surface area contributed by atoms with E-state index in [4.69, 9.17) is 4.74 Å². The molecule has 1 N–H and O–H groups in total. The molecule has 2 aliphatic heterocycles. The first kappa shape index (κ1) is 19.1. The van der Waals surface area contributed by atoms with E-state index >= 15 is 0 Å². The lowest BCUT2D eigenvalue weighted by Gasteiger charge is -2.31. The molecule has 1 aromatic carbocycles. The zero-order valence-corrected chi connectivity index (χ0v) is 17.8. The van der Waals surface area contributed by atoms with E-state index in [1.54, 1.807) is 14.2 Å². The molecule has 7 nitrogen and oxygen atoms in total. The van der Waals surface area contributed by atoms with Gasteiger partial charge in [0.1, 0.15) is 10.8 Å². The van der Waals surface area contributed by atoms with Gasteiger partial charge in [-0.15, -0.1) is 11.3 Å². The number of rotatable bonds is 3. The molecular formula is C22H23N3O4S. The number of amides is 3. The van der Waals surface area contributed by atoms with E-state index in [9.17, 15) is 14.4 Å². The van der Waals surface area contributed by atoms with Gasteiger partial charge < -0.3 is 19.9 Å². The lowest BCUT2D eigenvalue weighted by Crippen LogP contribution is -2.42. The van der Waals surface area contributed by atoms with Crippen molar-refractivity contribution in [2.24, 2.45) is 0 Å². The zero-order valence-electron chi connectivity index (χ0n) is 17.0. The van der Waals surface area contributed by atoms with Crippen molar-refractivity contribution in [2.75, 3.05) is 32.6 Å². The van der Waals surface area contributed by atoms with Crippen molar-refractivity contribution in [3.8, 4) is 5.75 Å². The Morgan fingerprint density at radius 2 is 1.90 bits per heavy atom. The first-order valence-electron chi connectivity index (χ1n) is 10.1. The molecule has 3 heterocycles. The van der Waals surface area contributed by atoms with Gasteiger partial charge in [-0.05, 0) is 42.5 Å². The van der Waals surface area contributed by atoms with E-state index in [2.05, 4.69) is 5.32 Å². The van der Waals surface area contributed by atoms with Crippen molar-refractivity contribution in [1.82, 2.24) is 9.80 Å². The van der Waals surface area contributed by atoms with E-state index in [0.717, 1.165) is 34.6 Å². The van der Waals surface area contributed by atoms with Gasteiger partial charge >= 0.3 is 0 Å². The third-order valence-corrected chi connectivity index (χ3v) is 7.47. The van der Waals surface area contributed by atoms with Crippen LogP contribution in [0.4, 0.5) is 5.00 Å². The topological polar surface area (TPSA) is 79.0 Å². The molecule has 1 aliphatic carbocycles.